The lowest BCUT2D eigenvalue weighted by molar-refractivity contribution is -0.387. The van der Waals surface area contributed by atoms with Crippen molar-refractivity contribution in [2.45, 2.75) is 4.90 Å². The Balaban J connectivity index is 1.93. The molecular formula is C18H12Cl2N2O4S3. The van der Waals surface area contributed by atoms with Gasteiger partial charge in [-0.3, -0.25) is 19.8 Å². The van der Waals surface area contributed by atoms with Crippen molar-refractivity contribution in [1.82, 2.24) is 0 Å². The Labute approximate surface area is 190 Å². The second-order valence-electron chi connectivity index (χ2n) is 5.67. The first-order valence-electron chi connectivity index (χ1n) is 8.07. The molecular weight excluding hydrogens is 475 g/mol. The number of thioether (sulfide) groups is 2. The van der Waals surface area contributed by atoms with Gasteiger partial charge in [-0.15, -0.1) is 11.8 Å². The fourth-order valence-electron chi connectivity index (χ4n) is 2.53. The van der Waals surface area contributed by atoms with Crippen LogP contribution in [0.1, 0.15) is 5.56 Å². The Morgan fingerprint density at radius 2 is 2.03 bits per heavy atom. The summed E-state index contributed by atoms with van der Waals surface area (Å²) in [6, 6.07) is 9.40. The molecule has 0 bridgehead atoms. The third-order valence-corrected chi connectivity index (χ3v) is 6.65. The molecule has 0 spiro atoms. The number of rotatable bonds is 6. The summed E-state index contributed by atoms with van der Waals surface area (Å²) in [5.74, 6) is -0.0219. The van der Waals surface area contributed by atoms with E-state index < -0.39 is 4.92 Å². The van der Waals surface area contributed by atoms with Crippen LogP contribution in [0.5, 0.6) is 0 Å². The van der Waals surface area contributed by atoms with E-state index in [4.69, 9.17) is 40.5 Å². The number of aliphatic hydroxyl groups is 1. The highest BCUT2D eigenvalue weighted by Gasteiger charge is 2.34. The van der Waals surface area contributed by atoms with E-state index in [9.17, 15) is 14.9 Å². The van der Waals surface area contributed by atoms with Crippen molar-refractivity contribution in [1.29, 1.82) is 0 Å². The van der Waals surface area contributed by atoms with E-state index in [1.807, 2.05) is 0 Å². The normalized spacial score (nSPS) is 15.4. The Kier molecular flexibility index (Phi) is 7.20. The van der Waals surface area contributed by atoms with Crippen LogP contribution in [-0.4, -0.2) is 32.6 Å². The van der Waals surface area contributed by atoms with Crippen LogP contribution in [-0.2, 0) is 4.79 Å². The largest absolute Gasteiger partial charge is 0.396 e. The minimum absolute atomic E-state index is 0.0840. The zero-order valence-corrected chi connectivity index (χ0v) is 18.5. The van der Waals surface area contributed by atoms with Gasteiger partial charge in [0.1, 0.15) is 0 Å². The number of hydrogen-bond acceptors (Lipinski definition) is 7. The molecule has 150 valence electrons. The fourth-order valence-corrected chi connectivity index (χ4v) is 5.07. The second kappa shape index (κ2) is 9.46. The van der Waals surface area contributed by atoms with Gasteiger partial charge in [0.15, 0.2) is 4.32 Å². The van der Waals surface area contributed by atoms with Gasteiger partial charge in [-0.2, -0.15) is 0 Å². The number of halogens is 2. The highest BCUT2D eigenvalue weighted by atomic mass is 35.5. The molecule has 0 aliphatic carbocycles. The lowest BCUT2D eigenvalue weighted by Gasteiger charge is -2.16. The van der Waals surface area contributed by atoms with Crippen molar-refractivity contribution in [3.8, 4) is 0 Å². The first kappa shape index (κ1) is 22.1. The molecule has 1 saturated heterocycles. The van der Waals surface area contributed by atoms with Gasteiger partial charge in [0.25, 0.3) is 11.6 Å². The van der Waals surface area contributed by atoms with Gasteiger partial charge in [0, 0.05) is 16.8 Å². The standard InChI is InChI=1S/C18H12Cl2N2O4S3/c19-11-2-3-13(12(20)9-11)21-17(24)16(29-18(21)27)8-10-1-4-15(28-6-5-23)14(7-10)22(25)26/h1-4,7-9,23H,5-6H2/b16-8+. The maximum Gasteiger partial charge on any atom is 0.283 e. The van der Waals surface area contributed by atoms with E-state index in [-0.39, 0.29) is 23.2 Å². The van der Waals surface area contributed by atoms with Crippen molar-refractivity contribution in [3.63, 3.8) is 0 Å². The summed E-state index contributed by atoms with van der Waals surface area (Å²) in [5, 5.41) is 21.0. The number of amides is 1. The molecule has 6 nitrogen and oxygen atoms in total. The molecule has 29 heavy (non-hydrogen) atoms. The van der Waals surface area contributed by atoms with Crippen LogP contribution in [0, 0.1) is 10.1 Å². The minimum Gasteiger partial charge on any atom is -0.396 e. The third kappa shape index (κ3) is 4.93. The lowest BCUT2D eigenvalue weighted by atomic mass is 10.2. The predicted molar refractivity (Wildman–Crippen MR) is 123 cm³/mol. The molecule has 1 aliphatic heterocycles. The number of carbonyl (C=O) groups is 1. The van der Waals surface area contributed by atoms with Gasteiger partial charge >= 0.3 is 0 Å². The molecule has 0 unspecified atom stereocenters. The molecule has 1 N–H and O–H groups in total. The van der Waals surface area contributed by atoms with Crippen molar-refractivity contribution in [2.24, 2.45) is 0 Å². The van der Waals surface area contributed by atoms with Crippen molar-refractivity contribution >= 4 is 86.6 Å². The van der Waals surface area contributed by atoms with Crippen LogP contribution in [0.3, 0.4) is 0 Å². The summed E-state index contributed by atoms with van der Waals surface area (Å²) in [6.45, 7) is -0.0840. The molecule has 0 atom stereocenters. The molecule has 2 aromatic rings. The minimum atomic E-state index is -0.490. The predicted octanol–water partition coefficient (Wildman–Crippen LogP) is 5.39. The summed E-state index contributed by atoms with van der Waals surface area (Å²) in [4.78, 5) is 25.8. The molecule has 1 heterocycles. The number of carbonyl (C=O) groups excluding carboxylic acids is 1. The summed E-state index contributed by atoms with van der Waals surface area (Å²) in [6.07, 6.45) is 1.55. The summed E-state index contributed by atoms with van der Waals surface area (Å²) >= 11 is 19.7. The number of benzene rings is 2. The second-order valence-corrected chi connectivity index (χ2v) is 9.33. The first-order chi connectivity index (χ1) is 13.8. The molecule has 1 amide bonds. The van der Waals surface area contributed by atoms with Gasteiger partial charge < -0.3 is 5.11 Å². The number of nitrogens with zero attached hydrogens (tertiary/aromatic N) is 2. The number of aliphatic hydroxyl groups excluding tert-OH is 1. The zero-order valence-electron chi connectivity index (χ0n) is 14.5. The number of nitro benzene ring substituents is 1. The van der Waals surface area contributed by atoms with E-state index in [2.05, 4.69) is 0 Å². The van der Waals surface area contributed by atoms with Crippen LogP contribution in [0.25, 0.3) is 6.08 Å². The van der Waals surface area contributed by atoms with Crippen LogP contribution in [0.4, 0.5) is 11.4 Å². The van der Waals surface area contributed by atoms with Gasteiger partial charge in [0.05, 0.1) is 32.0 Å². The smallest absolute Gasteiger partial charge is 0.283 e. The monoisotopic (exact) mass is 486 g/mol. The van der Waals surface area contributed by atoms with E-state index in [0.717, 1.165) is 11.8 Å². The first-order valence-corrected chi connectivity index (χ1v) is 11.0. The van der Waals surface area contributed by atoms with Crippen molar-refractivity contribution in [3.05, 3.63) is 67.0 Å². The van der Waals surface area contributed by atoms with E-state index in [1.54, 1.807) is 30.3 Å². The average Bonchev–Trinajstić information content (AvgIpc) is 2.94. The number of anilines is 1. The molecule has 0 radical (unpaired) electrons. The zero-order chi connectivity index (χ0) is 21.1. The molecule has 1 fully saturated rings. The van der Waals surface area contributed by atoms with Crippen LogP contribution in [0.15, 0.2) is 46.2 Å². The lowest BCUT2D eigenvalue weighted by Crippen LogP contribution is -2.27. The van der Waals surface area contributed by atoms with Crippen LogP contribution < -0.4 is 4.90 Å². The van der Waals surface area contributed by atoms with Crippen LogP contribution >= 0.6 is 58.9 Å². The maximum atomic E-state index is 12.9. The molecule has 2 aromatic carbocycles. The Morgan fingerprint density at radius 1 is 1.28 bits per heavy atom. The Bertz CT molecular complexity index is 1050. The molecule has 3 rings (SSSR count). The van der Waals surface area contributed by atoms with Gasteiger partial charge in [-0.25, -0.2) is 0 Å². The number of nitro groups is 1. The SMILES string of the molecule is O=C1/C(=C\c2ccc(SCCO)c([N+](=O)[O-])c2)SC(=S)N1c1ccc(Cl)cc1Cl. The van der Waals surface area contributed by atoms with Gasteiger partial charge in [-0.05, 0) is 35.9 Å². The van der Waals surface area contributed by atoms with Gasteiger partial charge in [0.2, 0.25) is 0 Å². The number of thiocarbonyl (C=S) groups is 1. The van der Waals surface area contributed by atoms with E-state index in [0.29, 0.717) is 36.1 Å². The molecule has 0 saturated carbocycles. The van der Waals surface area contributed by atoms with E-state index >= 15 is 0 Å². The molecule has 0 aromatic heterocycles. The number of hydrogen-bond donors (Lipinski definition) is 1. The highest BCUT2D eigenvalue weighted by molar-refractivity contribution is 8.27. The Hall–Kier alpha value is -1.62. The Morgan fingerprint density at radius 3 is 2.69 bits per heavy atom. The van der Waals surface area contributed by atoms with Gasteiger partial charge in [-0.1, -0.05) is 53.2 Å². The van der Waals surface area contributed by atoms with E-state index in [1.165, 1.54) is 28.8 Å². The quantitative estimate of drug-likeness (QED) is 0.192. The topological polar surface area (TPSA) is 83.7 Å². The summed E-state index contributed by atoms with van der Waals surface area (Å²) in [5.41, 5.74) is 0.824. The third-order valence-electron chi connectivity index (χ3n) is 3.77. The summed E-state index contributed by atoms with van der Waals surface area (Å²) < 4.78 is 0.301. The average molecular weight is 487 g/mol. The van der Waals surface area contributed by atoms with Crippen LogP contribution in [0.2, 0.25) is 10.0 Å². The fraction of sp³-hybridized carbons (Fsp3) is 0.111. The van der Waals surface area contributed by atoms with Crippen molar-refractivity contribution in [2.75, 3.05) is 17.3 Å². The van der Waals surface area contributed by atoms with Crippen molar-refractivity contribution < 1.29 is 14.8 Å². The highest BCUT2D eigenvalue weighted by Crippen LogP contribution is 2.40. The summed E-state index contributed by atoms with van der Waals surface area (Å²) in [7, 11) is 0. The maximum absolute atomic E-state index is 12.9. The molecule has 11 heteroatoms. The molecule has 1 aliphatic rings.